The van der Waals surface area contributed by atoms with E-state index in [-0.39, 0.29) is 17.8 Å². The molecule has 5 nitrogen and oxygen atoms in total. The van der Waals surface area contributed by atoms with Crippen molar-refractivity contribution in [3.05, 3.63) is 30.1 Å². The van der Waals surface area contributed by atoms with E-state index < -0.39 is 5.82 Å². The first-order valence-electron chi connectivity index (χ1n) is 6.14. The molecule has 1 heterocycles. The molecular weight excluding hydrogens is 261 g/mol. The number of benzene rings is 1. The van der Waals surface area contributed by atoms with Crippen LogP contribution in [0.15, 0.2) is 24.3 Å². The van der Waals surface area contributed by atoms with Crippen molar-refractivity contribution >= 4 is 5.95 Å². The molecule has 1 aromatic heterocycles. The van der Waals surface area contributed by atoms with Crippen LogP contribution in [0.25, 0.3) is 11.3 Å². The van der Waals surface area contributed by atoms with Gasteiger partial charge in [-0.3, -0.25) is 0 Å². The Balaban J connectivity index is 2.41. The van der Waals surface area contributed by atoms with Crippen LogP contribution >= 0.6 is 0 Å². The topological polar surface area (TPSA) is 70.3 Å². The first-order valence-corrected chi connectivity index (χ1v) is 6.14. The van der Waals surface area contributed by atoms with E-state index in [0.29, 0.717) is 17.1 Å². The van der Waals surface area contributed by atoms with Crippen molar-refractivity contribution in [2.45, 2.75) is 20.0 Å². The Kier molecular flexibility index (Phi) is 4.02. The molecule has 0 saturated heterocycles. The lowest BCUT2D eigenvalue weighted by atomic mass is 10.1. The molecule has 0 aliphatic rings. The van der Waals surface area contributed by atoms with Crippen molar-refractivity contribution in [1.29, 1.82) is 0 Å². The minimum Gasteiger partial charge on any atom is -0.494 e. The molecule has 0 bridgehead atoms. The summed E-state index contributed by atoms with van der Waals surface area (Å²) in [4.78, 5) is 8.07. The Morgan fingerprint density at radius 1 is 1.20 bits per heavy atom. The Labute approximate surface area is 116 Å². The highest BCUT2D eigenvalue weighted by Gasteiger charge is 2.10. The maximum Gasteiger partial charge on any atom is 0.223 e. The predicted molar refractivity (Wildman–Crippen MR) is 74.2 cm³/mol. The number of hydrogen-bond donors (Lipinski definition) is 1. The van der Waals surface area contributed by atoms with Gasteiger partial charge in [0.15, 0.2) is 11.6 Å². The number of nitrogens with zero attached hydrogens (tertiary/aromatic N) is 2. The molecule has 6 heteroatoms. The van der Waals surface area contributed by atoms with Crippen LogP contribution in [0.4, 0.5) is 10.3 Å². The van der Waals surface area contributed by atoms with Gasteiger partial charge in [0.1, 0.15) is 0 Å². The monoisotopic (exact) mass is 277 g/mol. The summed E-state index contributed by atoms with van der Waals surface area (Å²) in [6, 6.07) is 6.19. The maximum atomic E-state index is 13.7. The van der Waals surface area contributed by atoms with Gasteiger partial charge in [0.05, 0.1) is 18.9 Å². The number of anilines is 1. The van der Waals surface area contributed by atoms with E-state index >= 15 is 0 Å². The molecule has 0 radical (unpaired) electrons. The molecule has 0 spiro atoms. The Morgan fingerprint density at radius 3 is 2.55 bits per heavy atom. The average molecular weight is 277 g/mol. The van der Waals surface area contributed by atoms with Gasteiger partial charge < -0.3 is 15.2 Å². The fourth-order valence-corrected chi connectivity index (χ4v) is 1.72. The molecule has 0 aliphatic carbocycles. The SMILES string of the molecule is COc1ccc(-c2cc(OC(C)C)nc(N)n2)cc1F. The largest absolute Gasteiger partial charge is 0.494 e. The van der Waals surface area contributed by atoms with Gasteiger partial charge in [-0.2, -0.15) is 4.98 Å². The van der Waals surface area contributed by atoms with Crippen molar-refractivity contribution < 1.29 is 13.9 Å². The van der Waals surface area contributed by atoms with Crippen LogP contribution in [0, 0.1) is 5.82 Å². The van der Waals surface area contributed by atoms with Gasteiger partial charge in [-0.05, 0) is 32.0 Å². The molecule has 0 fully saturated rings. The summed E-state index contributed by atoms with van der Waals surface area (Å²) in [7, 11) is 1.41. The first-order chi connectivity index (χ1) is 9.49. The quantitative estimate of drug-likeness (QED) is 0.930. The maximum absolute atomic E-state index is 13.7. The van der Waals surface area contributed by atoms with E-state index in [1.165, 1.54) is 19.2 Å². The molecule has 2 aromatic rings. The second-order valence-corrected chi connectivity index (χ2v) is 4.47. The third kappa shape index (κ3) is 3.14. The fraction of sp³-hybridized carbons (Fsp3) is 0.286. The number of methoxy groups -OCH3 is 1. The predicted octanol–water partition coefficient (Wildman–Crippen LogP) is 2.66. The third-order valence-corrected chi connectivity index (χ3v) is 2.52. The lowest BCUT2D eigenvalue weighted by molar-refractivity contribution is 0.233. The number of nitrogen functional groups attached to an aromatic ring is 1. The number of aromatic nitrogens is 2. The number of rotatable bonds is 4. The van der Waals surface area contributed by atoms with Crippen molar-refractivity contribution in [3.8, 4) is 22.9 Å². The van der Waals surface area contributed by atoms with E-state index in [9.17, 15) is 4.39 Å². The average Bonchev–Trinajstić information content (AvgIpc) is 2.37. The number of halogens is 1. The second-order valence-electron chi connectivity index (χ2n) is 4.47. The molecule has 0 amide bonds. The number of nitrogens with two attached hydrogens (primary N) is 1. The van der Waals surface area contributed by atoms with Crippen LogP contribution in [0.5, 0.6) is 11.6 Å². The first kappa shape index (κ1) is 14.0. The lowest BCUT2D eigenvalue weighted by Crippen LogP contribution is -2.08. The zero-order valence-electron chi connectivity index (χ0n) is 11.6. The molecule has 2 rings (SSSR count). The Bertz CT molecular complexity index is 617. The van der Waals surface area contributed by atoms with E-state index in [1.807, 2.05) is 13.8 Å². The summed E-state index contributed by atoms with van der Waals surface area (Å²) in [6.07, 6.45) is -0.0373. The van der Waals surface area contributed by atoms with Crippen LogP contribution in [0.1, 0.15) is 13.8 Å². The molecule has 0 atom stereocenters. The lowest BCUT2D eigenvalue weighted by Gasteiger charge is -2.11. The van der Waals surface area contributed by atoms with Gasteiger partial charge in [-0.15, -0.1) is 0 Å². The fourth-order valence-electron chi connectivity index (χ4n) is 1.72. The van der Waals surface area contributed by atoms with Crippen LogP contribution in [0.3, 0.4) is 0 Å². The summed E-state index contributed by atoms with van der Waals surface area (Å²) < 4.78 is 24.1. The van der Waals surface area contributed by atoms with Crippen molar-refractivity contribution in [2.24, 2.45) is 0 Å². The highest BCUT2D eigenvalue weighted by molar-refractivity contribution is 5.62. The Morgan fingerprint density at radius 2 is 1.95 bits per heavy atom. The molecule has 0 unspecified atom stereocenters. The van der Waals surface area contributed by atoms with E-state index in [0.717, 1.165) is 0 Å². The van der Waals surface area contributed by atoms with Crippen molar-refractivity contribution in [1.82, 2.24) is 9.97 Å². The zero-order chi connectivity index (χ0) is 14.7. The van der Waals surface area contributed by atoms with E-state index in [2.05, 4.69) is 9.97 Å². The van der Waals surface area contributed by atoms with Gasteiger partial charge in [-0.25, -0.2) is 9.37 Å². The van der Waals surface area contributed by atoms with Gasteiger partial charge in [0, 0.05) is 11.6 Å². The van der Waals surface area contributed by atoms with Gasteiger partial charge in [0.25, 0.3) is 0 Å². The summed E-state index contributed by atoms with van der Waals surface area (Å²) in [5.74, 6) is 0.149. The van der Waals surface area contributed by atoms with E-state index in [4.69, 9.17) is 15.2 Å². The third-order valence-electron chi connectivity index (χ3n) is 2.52. The minimum atomic E-state index is -0.464. The summed E-state index contributed by atoms with van der Waals surface area (Å²) in [5, 5.41) is 0. The van der Waals surface area contributed by atoms with Crippen LogP contribution in [-0.2, 0) is 0 Å². The molecule has 2 N–H and O–H groups in total. The smallest absolute Gasteiger partial charge is 0.223 e. The molecule has 106 valence electrons. The van der Waals surface area contributed by atoms with Crippen LogP contribution in [-0.4, -0.2) is 23.2 Å². The van der Waals surface area contributed by atoms with Gasteiger partial charge >= 0.3 is 0 Å². The minimum absolute atomic E-state index is 0.0373. The highest BCUT2D eigenvalue weighted by Crippen LogP contribution is 2.26. The molecule has 0 saturated carbocycles. The summed E-state index contributed by atoms with van der Waals surface area (Å²) >= 11 is 0. The van der Waals surface area contributed by atoms with Crippen LogP contribution in [0.2, 0.25) is 0 Å². The van der Waals surface area contributed by atoms with Crippen molar-refractivity contribution in [3.63, 3.8) is 0 Å². The molecular formula is C14H16FN3O2. The Hall–Kier alpha value is -2.37. The van der Waals surface area contributed by atoms with E-state index in [1.54, 1.807) is 12.1 Å². The van der Waals surface area contributed by atoms with Gasteiger partial charge in [0.2, 0.25) is 11.8 Å². The summed E-state index contributed by atoms with van der Waals surface area (Å²) in [5.41, 5.74) is 6.72. The zero-order valence-corrected chi connectivity index (χ0v) is 11.6. The normalized spacial score (nSPS) is 10.7. The molecule has 20 heavy (non-hydrogen) atoms. The van der Waals surface area contributed by atoms with Crippen molar-refractivity contribution in [2.75, 3.05) is 12.8 Å². The summed E-state index contributed by atoms with van der Waals surface area (Å²) in [6.45, 7) is 3.76. The number of hydrogen-bond acceptors (Lipinski definition) is 5. The second kappa shape index (κ2) is 5.73. The van der Waals surface area contributed by atoms with Gasteiger partial charge in [-0.1, -0.05) is 0 Å². The highest BCUT2D eigenvalue weighted by atomic mass is 19.1. The molecule has 0 aliphatic heterocycles. The standard InChI is InChI=1S/C14H16FN3O2/c1-8(2)20-13-7-11(17-14(16)18-13)9-4-5-12(19-3)10(15)6-9/h4-8H,1-3H3,(H2,16,17,18). The van der Waals surface area contributed by atoms with Crippen LogP contribution < -0.4 is 15.2 Å². The number of ether oxygens (including phenoxy) is 2. The molecule has 1 aromatic carbocycles.